The van der Waals surface area contributed by atoms with Gasteiger partial charge in [0.15, 0.2) is 0 Å². The molecule has 0 aromatic rings. The lowest BCUT2D eigenvalue weighted by atomic mass is 10.3. The molecule has 1 saturated heterocycles. The molecule has 0 aromatic heterocycles. The van der Waals surface area contributed by atoms with E-state index in [4.69, 9.17) is 0 Å². The van der Waals surface area contributed by atoms with E-state index in [2.05, 4.69) is 15.0 Å². The van der Waals surface area contributed by atoms with Gasteiger partial charge >= 0.3 is 6.09 Å². The van der Waals surface area contributed by atoms with E-state index in [1.807, 2.05) is 0 Å². The zero-order valence-electron chi connectivity index (χ0n) is 8.69. The second-order valence-corrected chi connectivity index (χ2v) is 3.73. The number of amides is 1. The predicted octanol–water partition coefficient (Wildman–Crippen LogP) is -0.203. The number of carbonyl (C=O) groups excluding carboxylic acids is 1. The van der Waals surface area contributed by atoms with Crippen molar-refractivity contribution in [3.8, 4) is 0 Å². The second-order valence-electron chi connectivity index (χ2n) is 3.73. The van der Waals surface area contributed by atoms with Gasteiger partial charge < -0.3 is 15.2 Å². The molecule has 1 fully saturated rings. The van der Waals surface area contributed by atoms with Gasteiger partial charge in [-0.2, -0.15) is 0 Å². The van der Waals surface area contributed by atoms with E-state index in [1.54, 1.807) is 6.92 Å². The van der Waals surface area contributed by atoms with Crippen LogP contribution in [0.1, 0.15) is 13.3 Å². The summed E-state index contributed by atoms with van der Waals surface area (Å²) >= 11 is 0. The minimum absolute atomic E-state index is 0.154. The lowest BCUT2D eigenvalue weighted by Gasteiger charge is -2.17. The zero-order chi connectivity index (χ0) is 10.6. The average Bonchev–Trinajstić information content (AvgIpc) is 2.51. The van der Waals surface area contributed by atoms with Gasteiger partial charge in [-0.1, -0.05) is 0 Å². The summed E-state index contributed by atoms with van der Waals surface area (Å²) in [5, 5.41) is 11.9. The lowest BCUT2D eigenvalue weighted by molar-refractivity contribution is 0.138. The smallest absolute Gasteiger partial charge is 0.407 e. The van der Waals surface area contributed by atoms with Gasteiger partial charge in [-0.05, 0) is 13.3 Å². The molecule has 5 nitrogen and oxygen atoms in total. The minimum Gasteiger partial charge on any atom is -0.453 e. The van der Waals surface area contributed by atoms with Crippen molar-refractivity contribution in [2.24, 2.45) is 0 Å². The summed E-state index contributed by atoms with van der Waals surface area (Å²) in [6, 6.07) is 0.154. The van der Waals surface area contributed by atoms with E-state index in [0.717, 1.165) is 19.5 Å². The number of aliphatic hydroxyl groups excluding tert-OH is 1. The number of methoxy groups -OCH3 is 1. The molecule has 1 heterocycles. The third-order valence-corrected chi connectivity index (χ3v) is 2.30. The van der Waals surface area contributed by atoms with E-state index in [9.17, 15) is 9.90 Å². The molecule has 1 rings (SSSR count). The number of β-amino-alcohol motifs (C(OH)–C–C–N with tert-alkyl or cyclic N) is 1. The first-order valence-corrected chi connectivity index (χ1v) is 4.86. The molecule has 0 aliphatic carbocycles. The molecular weight excluding hydrogens is 184 g/mol. The normalized spacial score (nSPS) is 24.6. The van der Waals surface area contributed by atoms with Crippen LogP contribution in [0.15, 0.2) is 0 Å². The molecular formula is C9H18N2O3. The van der Waals surface area contributed by atoms with E-state index >= 15 is 0 Å². The van der Waals surface area contributed by atoms with Crippen molar-refractivity contribution in [2.75, 3.05) is 26.7 Å². The fraction of sp³-hybridized carbons (Fsp3) is 0.889. The molecule has 2 N–H and O–H groups in total. The first-order valence-electron chi connectivity index (χ1n) is 4.86. The van der Waals surface area contributed by atoms with Gasteiger partial charge in [0.1, 0.15) is 0 Å². The van der Waals surface area contributed by atoms with Crippen molar-refractivity contribution in [1.29, 1.82) is 0 Å². The predicted molar refractivity (Wildman–Crippen MR) is 52.1 cm³/mol. The lowest BCUT2D eigenvalue weighted by Crippen LogP contribution is -2.38. The summed E-state index contributed by atoms with van der Waals surface area (Å²) in [6.45, 7) is 4.14. The quantitative estimate of drug-likeness (QED) is 0.665. The van der Waals surface area contributed by atoms with Crippen LogP contribution in [0, 0.1) is 0 Å². The molecule has 0 spiro atoms. The summed E-state index contributed by atoms with van der Waals surface area (Å²) in [7, 11) is 1.36. The van der Waals surface area contributed by atoms with Gasteiger partial charge in [0.25, 0.3) is 0 Å². The summed E-state index contributed by atoms with van der Waals surface area (Å²) in [4.78, 5) is 13.0. The summed E-state index contributed by atoms with van der Waals surface area (Å²) < 4.78 is 4.51. The molecule has 0 aromatic carbocycles. The fourth-order valence-electron chi connectivity index (χ4n) is 1.72. The largest absolute Gasteiger partial charge is 0.453 e. The van der Waals surface area contributed by atoms with E-state index in [0.29, 0.717) is 6.54 Å². The molecule has 0 bridgehead atoms. The number of aliphatic hydroxyl groups is 1. The van der Waals surface area contributed by atoms with Gasteiger partial charge in [0.05, 0.1) is 13.2 Å². The van der Waals surface area contributed by atoms with Crippen molar-refractivity contribution in [2.45, 2.75) is 25.5 Å². The first kappa shape index (κ1) is 11.3. The molecule has 5 heteroatoms. The third-order valence-electron chi connectivity index (χ3n) is 2.30. The Balaban J connectivity index is 2.23. The van der Waals surface area contributed by atoms with E-state index < -0.39 is 0 Å². The van der Waals surface area contributed by atoms with Crippen LogP contribution in [0.4, 0.5) is 4.79 Å². The van der Waals surface area contributed by atoms with Gasteiger partial charge in [-0.3, -0.25) is 4.90 Å². The highest BCUT2D eigenvalue weighted by Crippen LogP contribution is 2.09. The van der Waals surface area contributed by atoms with Crippen LogP contribution < -0.4 is 5.32 Å². The highest BCUT2D eigenvalue weighted by Gasteiger charge is 2.24. The van der Waals surface area contributed by atoms with Crippen molar-refractivity contribution in [3.63, 3.8) is 0 Å². The van der Waals surface area contributed by atoms with E-state index in [-0.39, 0.29) is 18.2 Å². The first-order chi connectivity index (χ1) is 6.61. The Hall–Kier alpha value is -0.810. The summed E-state index contributed by atoms with van der Waals surface area (Å²) in [5.74, 6) is 0. The molecule has 2 atom stereocenters. The van der Waals surface area contributed by atoms with Crippen LogP contribution in [-0.4, -0.2) is 55.0 Å². The topological polar surface area (TPSA) is 61.8 Å². The molecule has 2 unspecified atom stereocenters. The highest BCUT2D eigenvalue weighted by molar-refractivity contribution is 5.67. The molecule has 1 aliphatic rings. The number of ether oxygens (including phenoxy) is 1. The molecule has 1 amide bonds. The Kier molecular flexibility index (Phi) is 4.16. The average molecular weight is 202 g/mol. The summed E-state index contributed by atoms with van der Waals surface area (Å²) in [6.07, 6.45) is 0.225. The van der Waals surface area contributed by atoms with Gasteiger partial charge in [-0.15, -0.1) is 0 Å². The van der Waals surface area contributed by atoms with Crippen LogP contribution in [0.3, 0.4) is 0 Å². The SMILES string of the molecule is COC(=O)NC1CCN(CC(C)O)C1. The molecule has 0 saturated carbocycles. The third kappa shape index (κ3) is 3.51. The maximum Gasteiger partial charge on any atom is 0.407 e. The van der Waals surface area contributed by atoms with E-state index in [1.165, 1.54) is 7.11 Å². The van der Waals surface area contributed by atoms with Gasteiger partial charge in [0.2, 0.25) is 0 Å². The van der Waals surface area contributed by atoms with Crippen LogP contribution in [-0.2, 0) is 4.74 Å². The molecule has 1 aliphatic heterocycles. The number of hydrogen-bond donors (Lipinski definition) is 2. The van der Waals surface area contributed by atoms with Crippen molar-refractivity contribution >= 4 is 6.09 Å². The Morgan fingerprint density at radius 1 is 1.79 bits per heavy atom. The van der Waals surface area contributed by atoms with Crippen molar-refractivity contribution in [3.05, 3.63) is 0 Å². The zero-order valence-corrected chi connectivity index (χ0v) is 8.69. The van der Waals surface area contributed by atoms with Crippen LogP contribution >= 0.6 is 0 Å². The number of hydrogen-bond acceptors (Lipinski definition) is 4. The molecule has 0 radical (unpaired) electrons. The Bertz CT molecular complexity index is 196. The number of likely N-dealkylation sites (tertiary alicyclic amines) is 1. The maximum atomic E-state index is 10.9. The second kappa shape index (κ2) is 5.17. The molecule has 14 heavy (non-hydrogen) atoms. The highest BCUT2D eigenvalue weighted by atomic mass is 16.5. The van der Waals surface area contributed by atoms with Crippen LogP contribution in [0.25, 0.3) is 0 Å². The minimum atomic E-state index is -0.381. The van der Waals surface area contributed by atoms with Gasteiger partial charge in [0, 0.05) is 25.7 Å². The van der Waals surface area contributed by atoms with Crippen LogP contribution in [0.2, 0.25) is 0 Å². The number of nitrogens with one attached hydrogen (secondary N) is 1. The number of carbonyl (C=O) groups is 1. The Labute approximate surface area is 84.0 Å². The van der Waals surface area contributed by atoms with Crippen molar-refractivity contribution in [1.82, 2.24) is 10.2 Å². The molecule has 82 valence electrons. The fourth-order valence-corrected chi connectivity index (χ4v) is 1.72. The number of nitrogens with zero attached hydrogens (tertiary/aromatic N) is 1. The number of alkyl carbamates (subject to hydrolysis) is 1. The van der Waals surface area contributed by atoms with Crippen LogP contribution in [0.5, 0.6) is 0 Å². The van der Waals surface area contributed by atoms with Crippen molar-refractivity contribution < 1.29 is 14.6 Å². The number of rotatable bonds is 3. The monoisotopic (exact) mass is 202 g/mol. The summed E-state index contributed by atoms with van der Waals surface area (Å²) in [5.41, 5.74) is 0. The van der Waals surface area contributed by atoms with Gasteiger partial charge in [-0.25, -0.2) is 4.79 Å². The Morgan fingerprint density at radius 3 is 3.07 bits per heavy atom. The maximum absolute atomic E-state index is 10.9. The Morgan fingerprint density at radius 2 is 2.50 bits per heavy atom. The standard InChI is InChI=1S/C9H18N2O3/c1-7(12)5-11-4-3-8(6-11)10-9(13)14-2/h7-8,12H,3-6H2,1-2H3,(H,10,13).